The number of fused-ring (bicyclic) bond motifs is 1. The first-order valence-electron chi connectivity index (χ1n) is 6.30. The number of benzene rings is 1. The van der Waals surface area contributed by atoms with Gasteiger partial charge in [0.15, 0.2) is 0 Å². The summed E-state index contributed by atoms with van der Waals surface area (Å²) in [6.07, 6.45) is 5.13. The van der Waals surface area contributed by atoms with Crippen LogP contribution in [0, 0.1) is 5.92 Å². The maximum absolute atomic E-state index is 10.9. The Morgan fingerprint density at radius 2 is 2.17 bits per heavy atom. The van der Waals surface area contributed by atoms with E-state index in [0.717, 1.165) is 12.1 Å². The van der Waals surface area contributed by atoms with Crippen LogP contribution in [-0.2, 0) is 6.54 Å². The number of carboxylic acids is 1. The number of nitrogens with zero attached hydrogens (tertiary/aromatic N) is 3. The fourth-order valence-electron chi connectivity index (χ4n) is 2.68. The van der Waals surface area contributed by atoms with Gasteiger partial charge >= 0.3 is 5.97 Å². The van der Waals surface area contributed by atoms with E-state index in [1.807, 2.05) is 4.68 Å². The van der Waals surface area contributed by atoms with Crippen LogP contribution in [0.25, 0.3) is 11.0 Å². The molecule has 0 saturated heterocycles. The average Bonchev–Trinajstić information content (AvgIpc) is 2.99. The molecule has 1 N–H and O–H groups in total. The van der Waals surface area contributed by atoms with Crippen molar-refractivity contribution in [2.24, 2.45) is 5.92 Å². The number of rotatable bonds is 3. The minimum absolute atomic E-state index is 0.260. The van der Waals surface area contributed by atoms with E-state index >= 15 is 0 Å². The van der Waals surface area contributed by atoms with Gasteiger partial charge in [-0.2, -0.15) is 0 Å². The molecule has 94 valence electrons. The third-order valence-corrected chi connectivity index (χ3v) is 3.67. The summed E-state index contributed by atoms with van der Waals surface area (Å²) in [5.41, 5.74) is 1.84. The molecule has 5 heteroatoms. The second kappa shape index (κ2) is 4.40. The van der Waals surface area contributed by atoms with E-state index in [9.17, 15) is 4.79 Å². The fraction of sp³-hybridized carbons (Fsp3) is 0.462. The van der Waals surface area contributed by atoms with E-state index in [4.69, 9.17) is 5.11 Å². The van der Waals surface area contributed by atoms with Gasteiger partial charge in [0.25, 0.3) is 0 Å². The maximum atomic E-state index is 10.9. The molecule has 1 aromatic heterocycles. The van der Waals surface area contributed by atoms with Crippen LogP contribution >= 0.6 is 0 Å². The first kappa shape index (κ1) is 11.2. The van der Waals surface area contributed by atoms with E-state index in [1.165, 1.54) is 25.7 Å². The molecule has 18 heavy (non-hydrogen) atoms. The molecule has 1 aliphatic carbocycles. The number of carbonyl (C=O) groups is 1. The van der Waals surface area contributed by atoms with Gasteiger partial charge in [0.1, 0.15) is 5.52 Å². The molecule has 1 heterocycles. The molecule has 0 unspecified atom stereocenters. The van der Waals surface area contributed by atoms with Crippen LogP contribution < -0.4 is 0 Å². The lowest BCUT2D eigenvalue weighted by Crippen LogP contribution is -2.08. The smallest absolute Gasteiger partial charge is 0.335 e. The van der Waals surface area contributed by atoms with Crippen LogP contribution in [0.4, 0.5) is 0 Å². The van der Waals surface area contributed by atoms with Crippen molar-refractivity contribution < 1.29 is 9.90 Å². The molecule has 0 radical (unpaired) electrons. The Kier molecular flexibility index (Phi) is 2.74. The average molecular weight is 245 g/mol. The second-order valence-corrected chi connectivity index (χ2v) is 4.93. The topological polar surface area (TPSA) is 68.0 Å². The van der Waals surface area contributed by atoms with Gasteiger partial charge in [-0.1, -0.05) is 18.1 Å². The Morgan fingerprint density at radius 3 is 2.89 bits per heavy atom. The number of hydrogen-bond acceptors (Lipinski definition) is 3. The van der Waals surface area contributed by atoms with Crippen LogP contribution in [0.2, 0.25) is 0 Å². The summed E-state index contributed by atoms with van der Waals surface area (Å²) in [5, 5.41) is 17.1. The minimum atomic E-state index is -0.928. The summed E-state index contributed by atoms with van der Waals surface area (Å²) in [6, 6.07) is 4.99. The fourth-order valence-corrected chi connectivity index (χ4v) is 2.68. The molecular formula is C13H15N3O2. The highest BCUT2D eigenvalue weighted by molar-refractivity contribution is 5.92. The van der Waals surface area contributed by atoms with Gasteiger partial charge in [-0.15, -0.1) is 5.10 Å². The van der Waals surface area contributed by atoms with Gasteiger partial charge in [0, 0.05) is 6.54 Å². The van der Waals surface area contributed by atoms with Gasteiger partial charge in [0.05, 0.1) is 11.1 Å². The largest absolute Gasteiger partial charge is 0.478 e. The molecule has 1 saturated carbocycles. The van der Waals surface area contributed by atoms with Gasteiger partial charge in [-0.3, -0.25) is 0 Å². The van der Waals surface area contributed by atoms with Crippen LogP contribution in [0.5, 0.6) is 0 Å². The number of carboxylic acid groups (broad SMARTS) is 1. The molecule has 2 aromatic rings. The van der Waals surface area contributed by atoms with Gasteiger partial charge in [-0.25, -0.2) is 9.48 Å². The molecule has 1 aliphatic rings. The van der Waals surface area contributed by atoms with Crippen molar-refractivity contribution in [3.8, 4) is 0 Å². The van der Waals surface area contributed by atoms with Crippen LogP contribution in [-0.4, -0.2) is 26.1 Å². The van der Waals surface area contributed by atoms with Gasteiger partial charge in [0.2, 0.25) is 0 Å². The minimum Gasteiger partial charge on any atom is -0.478 e. The summed E-state index contributed by atoms with van der Waals surface area (Å²) in [4.78, 5) is 10.9. The normalized spacial score (nSPS) is 16.4. The van der Waals surface area contributed by atoms with Crippen LogP contribution in [0.15, 0.2) is 18.2 Å². The summed E-state index contributed by atoms with van der Waals surface area (Å²) in [7, 11) is 0. The Morgan fingerprint density at radius 1 is 1.39 bits per heavy atom. The Bertz CT molecular complexity index is 585. The molecule has 1 aromatic carbocycles. The highest BCUT2D eigenvalue weighted by Crippen LogP contribution is 2.27. The van der Waals surface area contributed by atoms with Gasteiger partial charge < -0.3 is 5.11 Å². The van der Waals surface area contributed by atoms with Crippen molar-refractivity contribution in [3.05, 3.63) is 23.8 Å². The van der Waals surface area contributed by atoms with Crippen molar-refractivity contribution in [3.63, 3.8) is 0 Å². The molecule has 0 bridgehead atoms. The molecule has 3 rings (SSSR count). The van der Waals surface area contributed by atoms with Crippen LogP contribution in [0.1, 0.15) is 36.0 Å². The van der Waals surface area contributed by atoms with Gasteiger partial charge in [-0.05, 0) is 37.0 Å². The lowest BCUT2D eigenvalue weighted by molar-refractivity contribution is 0.0697. The predicted octanol–water partition coefficient (Wildman–Crippen LogP) is 2.32. The number of hydrogen-bond donors (Lipinski definition) is 1. The molecular weight excluding hydrogens is 230 g/mol. The summed E-state index contributed by atoms with van der Waals surface area (Å²) >= 11 is 0. The quantitative estimate of drug-likeness (QED) is 0.901. The maximum Gasteiger partial charge on any atom is 0.335 e. The lowest BCUT2D eigenvalue weighted by atomic mass is 10.1. The van der Waals surface area contributed by atoms with Crippen molar-refractivity contribution in [2.75, 3.05) is 0 Å². The number of aromatic carboxylic acids is 1. The van der Waals surface area contributed by atoms with E-state index in [2.05, 4.69) is 10.3 Å². The Balaban J connectivity index is 1.91. The molecule has 0 atom stereocenters. The van der Waals surface area contributed by atoms with Crippen molar-refractivity contribution >= 4 is 17.0 Å². The molecule has 5 nitrogen and oxygen atoms in total. The summed E-state index contributed by atoms with van der Waals surface area (Å²) in [5.74, 6) is -0.240. The third kappa shape index (κ3) is 1.96. The third-order valence-electron chi connectivity index (χ3n) is 3.67. The molecule has 1 fully saturated rings. The van der Waals surface area contributed by atoms with Crippen LogP contribution in [0.3, 0.4) is 0 Å². The van der Waals surface area contributed by atoms with Crippen molar-refractivity contribution in [2.45, 2.75) is 32.2 Å². The lowest BCUT2D eigenvalue weighted by Gasteiger charge is -2.08. The highest BCUT2D eigenvalue weighted by Gasteiger charge is 2.17. The standard InChI is InChI=1S/C13H15N3O2/c17-13(18)10-5-6-12-11(7-10)14-15-16(12)8-9-3-1-2-4-9/h5-7,9H,1-4,8H2,(H,17,18). The van der Waals surface area contributed by atoms with E-state index < -0.39 is 5.97 Å². The predicted molar refractivity (Wildman–Crippen MR) is 66.4 cm³/mol. The summed E-state index contributed by atoms with van der Waals surface area (Å²) in [6.45, 7) is 0.892. The summed E-state index contributed by atoms with van der Waals surface area (Å²) < 4.78 is 1.90. The molecule has 0 spiro atoms. The highest BCUT2D eigenvalue weighted by atomic mass is 16.4. The van der Waals surface area contributed by atoms with E-state index in [-0.39, 0.29) is 5.56 Å². The zero-order chi connectivity index (χ0) is 12.5. The first-order valence-corrected chi connectivity index (χ1v) is 6.30. The Hall–Kier alpha value is -1.91. The molecule has 0 aliphatic heterocycles. The zero-order valence-corrected chi connectivity index (χ0v) is 10.0. The zero-order valence-electron chi connectivity index (χ0n) is 10.0. The molecule has 0 amide bonds. The van der Waals surface area contributed by atoms with Crippen molar-refractivity contribution in [1.82, 2.24) is 15.0 Å². The first-order chi connectivity index (χ1) is 8.74. The van der Waals surface area contributed by atoms with E-state index in [1.54, 1.807) is 18.2 Å². The SMILES string of the molecule is O=C(O)c1ccc2c(c1)nnn2CC1CCCC1. The monoisotopic (exact) mass is 245 g/mol. The van der Waals surface area contributed by atoms with Crippen molar-refractivity contribution in [1.29, 1.82) is 0 Å². The van der Waals surface area contributed by atoms with E-state index in [0.29, 0.717) is 11.4 Å². The number of aromatic nitrogens is 3. The Labute approximate surface area is 104 Å². The second-order valence-electron chi connectivity index (χ2n) is 4.93.